The molecule has 166 valence electrons. The molecule has 4 aromatic rings. The maximum absolute atomic E-state index is 13.5. The molecule has 1 N–H and O–H groups in total. The normalized spacial score (nSPS) is 18.6. The molecule has 1 aliphatic carbocycles. The van der Waals surface area contributed by atoms with Crippen molar-refractivity contribution in [2.45, 2.75) is 51.1 Å². The zero-order valence-electron chi connectivity index (χ0n) is 18.6. The van der Waals surface area contributed by atoms with Crippen molar-refractivity contribution in [3.63, 3.8) is 0 Å². The van der Waals surface area contributed by atoms with Crippen LogP contribution in [0.3, 0.4) is 0 Å². The molecular formula is C26H26N6O. The van der Waals surface area contributed by atoms with E-state index in [1.54, 1.807) is 0 Å². The Balaban J connectivity index is 1.35. The Hall–Kier alpha value is -3.74. The summed E-state index contributed by atoms with van der Waals surface area (Å²) in [5.41, 5.74) is 6.58. The molecule has 3 aliphatic rings. The van der Waals surface area contributed by atoms with E-state index in [-0.39, 0.29) is 11.6 Å². The van der Waals surface area contributed by atoms with Gasteiger partial charge in [0.05, 0.1) is 12.1 Å². The second-order valence-corrected chi connectivity index (χ2v) is 8.92. The number of fused-ring (bicyclic) bond motifs is 1. The molecule has 2 atom stereocenters. The van der Waals surface area contributed by atoms with Crippen LogP contribution in [0.25, 0.3) is 22.5 Å². The first-order valence-electron chi connectivity index (χ1n) is 11.7. The summed E-state index contributed by atoms with van der Waals surface area (Å²) in [5, 5.41) is 14.5. The summed E-state index contributed by atoms with van der Waals surface area (Å²) < 4.78 is 4.31. The van der Waals surface area contributed by atoms with Gasteiger partial charge in [-0.2, -0.15) is 5.21 Å². The van der Waals surface area contributed by atoms with Crippen molar-refractivity contribution in [1.82, 2.24) is 30.0 Å². The van der Waals surface area contributed by atoms with Gasteiger partial charge in [-0.25, -0.2) is 4.68 Å². The molecule has 33 heavy (non-hydrogen) atoms. The van der Waals surface area contributed by atoms with E-state index in [0.717, 1.165) is 53.5 Å². The first kappa shape index (κ1) is 19.9. The highest BCUT2D eigenvalue weighted by Gasteiger charge is 2.33. The molecule has 0 spiro atoms. The fourth-order valence-electron chi connectivity index (χ4n) is 5.39. The largest absolute Gasteiger partial charge is 0.279 e. The third-order valence-corrected chi connectivity index (χ3v) is 6.91. The summed E-state index contributed by atoms with van der Waals surface area (Å²) >= 11 is 0. The molecule has 0 saturated carbocycles. The maximum atomic E-state index is 13.5. The van der Waals surface area contributed by atoms with E-state index in [1.807, 2.05) is 22.9 Å². The first-order valence-corrected chi connectivity index (χ1v) is 11.7. The van der Waals surface area contributed by atoms with Crippen LogP contribution in [0.4, 0.5) is 0 Å². The van der Waals surface area contributed by atoms with E-state index < -0.39 is 0 Å². The lowest BCUT2D eigenvalue weighted by Gasteiger charge is -2.36. The minimum atomic E-state index is 0.184. The molecular weight excluding hydrogens is 412 g/mol. The molecule has 4 heterocycles. The van der Waals surface area contributed by atoms with E-state index >= 15 is 0 Å². The minimum Gasteiger partial charge on any atom is -0.279 e. The van der Waals surface area contributed by atoms with Gasteiger partial charge >= 0.3 is 0 Å². The van der Waals surface area contributed by atoms with Crippen molar-refractivity contribution in [1.29, 1.82) is 0 Å². The Morgan fingerprint density at radius 2 is 1.70 bits per heavy atom. The van der Waals surface area contributed by atoms with Crippen molar-refractivity contribution in [2.24, 2.45) is 0 Å². The number of tetrazole rings is 1. The van der Waals surface area contributed by atoms with Crippen molar-refractivity contribution < 1.29 is 0 Å². The second kappa shape index (κ2) is 7.99. The highest BCUT2D eigenvalue weighted by Crippen LogP contribution is 2.37. The topological polar surface area (TPSA) is 81.4 Å². The van der Waals surface area contributed by atoms with E-state index in [0.29, 0.717) is 18.3 Å². The van der Waals surface area contributed by atoms with E-state index in [4.69, 9.17) is 0 Å². The average molecular weight is 439 g/mol. The summed E-state index contributed by atoms with van der Waals surface area (Å²) in [6.07, 6.45) is 9.31. The summed E-state index contributed by atoms with van der Waals surface area (Å²) in [7, 11) is 0. The van der Waals surface area contributed by atoms with Crippen LogP contribution in [0.1, 0.15) is 55.1 Å². The molecule has 0 saturated heterocycles. The highest BCUT2D eigenvalue weighted by molar-refractivity contribution is 5.80. The van der Waals surface area contributed by atoms with Gasteiger partial charge in [-0.1, -0.05) is 74.0 Å². The molecule has 2 unspecified atom stereocenters. The van der Waals surface area contributed by atoms with E-state index in [9.17, 15) is 4.79 Å². The molecule has 2 aromatic heterocycles. The lowest BCUT2D eigenvalue weighted by molar-refractivity contribution is 0.256. The molecule has 2 bridgehead atoms. The van der Waals surface area contributed by atoms with Crippen molar-refractivity contribution in [3.8, 4) is 22.5 Å². The Morgan fingerprint density at radius 3 is 2.36 bits per heavy atom. The van der Waals surface area contributed by atoms with E-state index in [2.05, 4.69) is 74.7 Å². The zero-order chi connectivity index (χ0) is 22.4. The van der Waals surface area contributed by atoms with Gasteiger partial charge in [0.25, 0.3) is 5.56 Å². The second-order valence-electron chi connectivity index (χ2n) is 8.92. The Kier molecular flexibility index (Phi) is 4.82. The number of aromatic nitrogens is 6. The summed E-state index contributed by atoms with van der Waals surface area (Å²) in [4.78, 5) is 13.5. The van der Waals surface area contributed by atoms with Gasteiger partial charge in [0.2, 0.25) is 5.82 Å². The van der Waals surface area contributed by atoms with Gasteiger partial charge in [0.15, 0.2) is 0 Å². The van der Waals surface area contributed by atoms with Crippen LogP contribution in [0.15, 0.2) is 65.5 Å². The fraction of sp³-hybridized carbons (Fsp3) is 0.308. The van der Waals surface area contributed by atoms with Crippen LogP contribution in [0.5, 0.6) is 0 Å². The number of nitrogens with zero attached hydrogens (tertiary/aromatic N) is 5. The zero-order valence-corrected chi connectivity index (χ0v) is 18.6. The third kappa shape index (κ3) is 3.26. The van der Waals surface area contributed by atoms with E-state index in [1.165, 1.54) is 5.69 Å². The smallest absolute Gasteiger partial charge is 0.271 e. The van der Waals surface area contributed by atoms with Gasteiger partial charge in [-0.15, -0.1) is 10.2 Å². The van der Waals surface area contributed by atoms with Crippen molar-refractivity contribution in [3.05, 3.63) is 87.9 Å². The predicted molar refractivity (Wildman–Crippen MR) is 127 cm³/mol. The molecule has 7 rings (SSSR count). The first-order chi connectivity index (χ1) is 16.2. The Labute approximate surface area is 191 Å². The number of nitrogens with one attached hydrogen (secondary N) is 1. The number of allylic oxidation sites excluding steroid dienone is 2. The van der Waals surface area contributed by atoms with Gasteiger partial charge in [0, 0.05) is 23.2 Å². The van der Waals surface area contributed by atoms with Crippen LogP contribution in [-0.4, -0.2) is 30.0 Å². The maximum Gasteiger partial charge on any atom is 0.271 e. The van der Waals surface area contributed by atoms with Gasteiger partial charge < -0.3 is 0 Å². The quantitative estimate of drug-likeness (QED) is 0.450. The molecule has 0 fully saturated rings. The van der Waals surface area contributed by atoms with Crippen molar-refractivity contribution >= 4 is 0 Å². The molecule has 7 nitrogen and oxygen atoms in total. The van der Waals surface area contributed by atoms with Crippen LogP contribution >= 0.6 is 0 Å². The Bertz CT molecular complexity index is 1380. The Morgan fingerprint density at radius 1 is 0.970 bits per heavy atom. The van der Waals surface area contributed by atoms with Gasteiger partial charge in [0.1, 0.15) is 0 Å². The number of aromatic amines is 1. The van der Waals surface area contributed by atoms with Crippen molar-refractivity contribution in [2.75, 3.05) is 0 Å². The number of hydrogen-bond donors (Lipinski definition) is 1. The number of H-pyrrole nitrogens is 1. The SMILES string of the molecule is CCCc1c(Cc2ccc(-c3ccccc3-c3nn[nH]n3)cc2)c(=O)n2n1C1C=CC2CC1. The predicted octanol–water partition coefficient (Wildman–Crippen LogP) is 4.49. The molecule has 0 radical (unpaired) electrons. The molecule has 7 heteroatoms. The summed E-state index contributed by atoms with van der Waals surface area (Å²) in [6.45, 7) is 2.19. The van der Waals surface area contributed by atoms with Gasteiger partial charge in [-0.3, -0.25) is 9.48 Å². The fourth-order valence-corrected chi connectivity index (χ4v) is 5.39. The van der Waals surface area contributed by atoms with Gasteiger partial charge in [-0.05, 0) is 41.2 Å². The average Bonchev–Trinajstić information content (AvgIpc) is 3.50. The standard InChI is InChI=1S/C26H26N6O/c1-2-5-24-23(26(33)32-20-14-12-19(13-15-20)31(24)32)16-17-8-10-18(11-9-17)21-6-3-4-7-22(21)25-27-29-30-28-25/h3-4,6-12,14,19-20H,2,5,13,15-16H2,1H3,(H,27,28,29,30). The lowest BCUT2D eigenvalue weighted by atomic mass is 9.96. The molecule has 2 aromatic carbocycles. The number of benzene rings is 2. The molecule has 0 amide bonds. The third-order valence-electron chi connectivity index (χ3n) is 6.91. The van der Waals surface area contributed by atoms with Crippen LogP contribution in [0.2, 0.25) is 0 Å². The van der Waals surface area contributed by atoms with Crippen LogP contribution in [-0.2, 0) is 12.8 Å². The minimum absolute atomic E-state index is 0.184. The monoisotopic (exact) mass is 438 g/mol. The highest BCUT2D eigenvalue weighted by atomic mass is 16.1. The number of hydrogen-bond acceptors (Lipinski definition) is 4. The lowest BCUT2D eigenvalue weighted by Crippen LogP contribution is -2.36. The summed E-state index contributed by atoms with van der Waals surface area (Å²) in [6, 6.07) is 17.1. The summed E-state index contributed by atoms with van der Waals surface area (Å²) in [5.74, 6) is 0.578. The van der Waals surface area contributed by atoms with Crippen LogP contribution in [0, 0.1) is 0 Å². The van der Waals surface area contributed by atoms with Crippen LogP contribution < -0.4 is 5.56 Å². The number of rotatable bonds is 6. The molecule has 2 aliphatic heterocycles.